The van der Waals surface area contributed by atoms with Gasteiger partial charge in [0.2, 0.25) is 0 Å². The molecule has 1 aliphatic heterocycles. The lowest BCUT2D eigenvalue weighted by atomic mass is 9.84. The molecule has 3 aromatic carbocycles. The first kappa shape index (κ1) is 25.6. The van der Waals surface area contributed by atoms with Crippen molar-refractivity contribution < 1.29 is 9.47 Å². The standard InChI is InChI=1S/C32H27BrN2O3S/c1-37-25-14-8-20(9-15-25)18-23-4-3-5-27-29(23)34-32-35(30(27)22-10-16-26(38-2)17-11-22)31(36)28(39-32)19-21-6-12-24(33)13-7-21/h6-19,30H,3-5H2,1-2H3/b23-18-,28-19?/t30-/m1/s1. The molecule has 0 spiro atoms. The van der Waals surface area contributed by atoms with Crippen LogP contribution in [0.15, 0.2) is 104 Å². The number of thiazole rings is 1. The number of nitrogens with zero attached hydrogens (tertiary/aromatic N) is 2. The van der Waals surface area contributed by atoms with Crippen LogP contribution in [0.3, 0.4) is 0 Å². The maximum atomic E-state index is 13.9. The molecule has 1 aromatic heterocycles. The van der Waals surface area contributed by atoms with E-state index in [0.717, 1.165) is 62.4 Å². The Bertz CT molecular complexity index is 1760. The molecule has 0 unspecified atom stereocenters. The summed E-state index contributed by atoms with van der Waals surface area (Å²) < 4.78 is 14.3. The summed E-state index contributed by atoms with van der Waals surface area (Å²) in [5, 5.41) is 0. The molecule has 0 fully saturated rings. The van der Waals surface area contributed by atoms with Crippen LogP contribution in [-0.2, 0) is 0 Å². The molecule has 0 bridgehead atoms. The number of aromatic nitrogens is 1. The lowest BCUT2D eigenvalue weighted by Crippen LogP contribution is -2.39. The van der Waals surface area contributed by atoms with Crippen molar-refractivity contribution in [2.45, 2.75) is 25.3 Å². The third-order valence-corrected chi connectivity index (χ3v) is 8.70. The number of methoxy groups -OCH3 is 2. The minimum Gasteiger partial charge on any atom is -0.497 e. The SMILES string of the molecule is COc1ccc(/C=C2/CCCC3=C2N=c2sc(=Cc4ccc(Br)cc4)c(=O)n2[C@@H]3c2ccc(OC)cc2)cc1. The summed E-state index contributed by atoms with van der Waals surface area (Å²) in [6, 6.07) is 23.9. The van der Waals surface area contributed by atoms with Crippen LogP contribution < -0.4 is 24.4 Å². The van der Waals surface area contributed by atoms with E-state index in [2.05, 4.69) is 46.3 Å². The van der Waals surface area contributed by atoms with Crippen LogP contribution in [0.25, 0.3) is 12.2 Å². The predicted molar refractivity (Wildman–Crippen MR) is 160 cm³/mol. The van der Waals surface area contributed by atoms with Crippen LogP contribution in [-0.4, -0.2) is 18.8 Å². The molecule has 6 rings (SSSR count). The first-order valence-electron chi connectivity index (χ1n) is 12.8. The van der Waals surface area contributed by atoms with Crippen LogP contribution in [0.5, 0.6) is 11.5 Å². The van der Waals surface area contributed by atoms with E-state index in [1.54, 1.807) is 14.2 Å². The Morgan fingerprint density at radius 3 is 2.15 bits per heavy atom. The fraction of sp³-hybridized carbons (Fsp3) is 0.188. The van der Waals surface area contributed by atoms with Crippen molar-refractivity contribution in [3.05, 3.63) is 130 Å². The van der Waals surface area contributed by atoms with Gasteiger partial charge in [-0.15, -0.1) is 0 Å². The number of allylic oxidation sites excluding steroid dienone is 2. The van der Waals surface area contributed by atoms with E-state index in [1.165, 1.54) is 22.5 Å². The van der Waals surface area contributed by atoms with E-state index in [0.29, 0.717) is 4.53 Å². The Balaban J connectivity index is 1.54. The zero-order valence-electron chi connectivity index (χ0n) is 21.7. The van der Waals surface area contributed by atoms with Gasteiger partial charge >= 0.3 is 0 Å². The average Bonchev–Trinajstić information content (AvgIpc) is 3.28. The van der Waals surface area contributed by atoms with Gasteiger partial charge in [0.1, 0.15) is 11.5 Å². The van der Waals surface area contributed by atoms with Gasteiger partial charge in [0, 0.05) is 4.47 Å². The second-order valence-corrected chi connectivity index (χ2v) is 11.5. The van der Waals surface area contributed by atoms with Crippen molar-refractivity contribution >= 4 is 39.4 Å². The normalized spacial score (nSPS) is 18.0. The third kappa shape index (κ3) is 5.04. The molecule has 7 heteroatoms. The van der Waals surface area contributed by atoms with Gasteiger partial charge in [0.15, 0.2) is 4.80 Å². The zero-order chi connectivity index (χ0) is 26.9. The molecule has 0 saturated heterocycles. The van der Waals surface area contributed by atoms with Crippen molar-refractivity contribution in [2.24, 2.45) is 4.99 Å². The molecule has 0 amide bonds. The number of benzene rings is 3. The molecule has 4 aromatic rings. The van der Waals surface area contributed by atoms with E-state index in [4.69, 9.17) is 14.5 Å². The molecule has 196 valence electrons. The van der Waals surface area contributed by atoms with Crippen molar-refractivity contribution in [1.29, 1.82) is 0 Å². The fourth-order valence-electron chi connectivity index (χ4n) is 5.25. The van der Waals surface area contributed by atoms with E-state index < -0.39 is 0 Å². The highest BCUT2D eigenvalue weighted by Gasteiger charge is 2.32. The van der Waals surface area contributed by atoms with Crippen molar-refractivity contribution in [2.75, 3.05) is 14.2 Å². The maximum Gasteiger partial charge on any atom is 0.271 e. The molecule has 0 radical (unpaired) electrons. The van der Waals surface area contributed by atoms with Gasteiger partial charge in [-0.2, -0.15) is 0 Å². The highest BCUT2D eigenvalue weighted by molar-refractivity contribution is 9.10. The molecule has 0 N–H and O–H groups in total. The average molecular weight is 600 g/mol. The molecule has 2 heterocycles. The zero-order valence-corrected chi connectivity index (χ0v) is 24.1. The maximum absolute atomic E-state index is 13.9. The van der Waals surface area contributed by atoms with E-state index in [-0.39, 0.29) is 11.6 Å². The van der Waals surface area contributed by atoms with Crippen molar-refractivity contribution in [3.63, 3.8) is 0 Å². The predicted octanol–water partition coefficient (Wildman–Crippen LogP) is 6.26. The molecule has 5 nitrogen and oxygen atoms in total. The van der Waals surface area contributed by atoms with Gasteiger partial charge in [0.05, 0.1) is 30.5 Å². The Hall–Kier alpha value is -3.68. The van der Waals surface area contributed by atoms with Crippen LogP contribution >= 0.6 is 27.3 Å². The Kier molecular flexibility index (Phi) is 7.11. The number of hydrogen-bond donors (Lipinski definition) is 0. The number of rotatable bonds is 5. The van der Waals surface area contributed by atoms with Crippen LogP contribution in [0.1, 0.15) is 42.0 Å². The summed E-state index contributed by atoms with van der Waals surface area (Å²) in [5.74, 6) is 1.62. The molecular weight excluding hydrogens is 572 g/mol. The second-order valence-electron chi connectivity index (χ2n) is 9.58. The van der Waals surface area contributed by atoms with Crippen molar-refractivity contribution in [1.82, 2.24) is 4.57 Å². The monoisotopic (exact) mass is 598 g/mol. The summed E-state index contributed by atoms with van der Waals surface area (Å²) in [6.45, 7) is 0. The topological polar surface area (TPSA) is 52.8 Å². The van der Waals surface area contributed by atoms with E-state index >= 15 is 0 Å². The Morgan fingerprint density at radius 1 is 0.872 bits per heavy atom. The minimum absolute atomic E-state index is 0.0136. The quantitative estimate of drug-likeness (QED) is 0.272. The van der Waals surface area contributed by atoms with E-state index in [1.807, 2.05) is 59.2 Å². The fourth-order valence-corrected chi connectivity index (χ4v) is 6.52. The van der Waals surface area contributed by atoms with E-state index in [9.17, 15) is 4.79 Å². The molecule has 0 saturated carbocycles. The van der Waals surface area contributed by atoms with Gasteiger partial charge in [-0.1, -0.05) is 63.7 Å². The third-order valence-electron chi connectivity index (χ3n) is 7.19. The summed E-state index contributed by atoms with van der Waals surface area (Å²) in [6.07, 6.45) is 7.02. The van der Waals surface area contributed by atoms with Crippen LogP contribution in [0.2, 0.25) is 0 Å². The molecule has 1 aliphatic carbocycles. The molecule has 39 heavy (non-hydrogen) atoms. The largest absolute Gasteiger partial charge is 0.497 e. The van der Waals surface area contributed by atoms with Gasteiger partial charge < -0.3 is 9.47 Å². The second kappa shape index (κ2) is 10.8. The summed E-state index contributed by atoms with van der Waals surface area (Å²) >= 11 is 4.94. The van der Waals surface area contributed by atoms with Crippen LogP contribution in [0, 0.1) is 0 Å². The minimum atomic E-state index is -0.214. The molecule has 2 aliphatic rings. The smallest absolute Gasteiger partial charge is 0.271 e. The first-order valence-corrected chi connectivity index (χ1v) is 14.4. The van der Waals surface area contributed by atoms with Gasteiger partial charge in [-0.25, -0.2) is 4.99 Å². The number of ether oxygens (including phenoxy) is 2. The summed E-state index contributed by atoms with van der Waals surface area (Å²) in [4.78, 5) is 19.8. The Morgan fingerprint density at radius 2 is 1.49 bits per heavy atom. The number of hydrogen-bond acceptors (Lipinski definition) is 5. The van der Waals surface area contributed by atoms with Gasteiger partial charge in [-0.05, 0) is 95.6 Å². The van der Waals surface area contributed by atoms with Gasteiger partial charge in [0.25, 0.3) is 5.56 Å². The number of fused-ring (bicyclic) bond motifs is 1. The number of halogens is 1. The molecule has 1 atom stereocenters. The highest BCUT2D eigenvalue weighted by Crippen LogP contribution is 2.41. The lowest BCUT2D eigenvalue weighted by molar-refractivity contribution is 0.414. The van der Waals surface area contributed by atoms with Crippen molar-refractivity contribution in [3.8, 4) is 11.5 Å². The summed E-state index contributed by atoms with van der Waals surface area (Å²) in [5.41, 5.74) is 6.52. The van der Waals surface area contributed by atoms with Gasteiger partial charge in [-0.3, -0.25) is 9.36 Å². The molecular formula is C32H27BrN2O3S. The summed E-state index contributed by atoms with van der Waals surface area (Å²) in [7, 11) is 3.34. The highest BCUT2D eigenvalue weighted by atomic mass is 79.9. The lowest BCUT2D eigenvalue weighted by Gasteiger charge is -2.31. The first-order chi connectivity index (χ1) is 19.0. The van der Waals surface area contributed by atoms with Crippen LogP contribution in [0.4, 0.5) is 0 Å². The Labute approximate surface area is 239 Å².